The number of nitrogens with zero attached hydrogens (tertiary/aromatic N) is 2. The maximum atomic E-state index is 13.7. The van der Waals surface area contributed by atoms with Crippen molar-refractivity contribution in [2.75, 3.05) is 11.4 Å². The summed E-state index contributed by atoms with van der Waals surface area (Å²) in [4.78, 5) is 41.9. The lowest BCUT2D eigenvalue weighted by Gasteiger charge is -2.30. The first kappa shape index (κ1) is 24.9. The monoisotopic (exact) mass is 486 g/mol. The molecular weight excluding hydrogens is 456 g/mol. The van der Waals surface area contributed by atoms with Gasteiger partial charge in [0.25, 0.3) is 0 Å². The van der Waals surface area contributed by atoms with Crippen LogP contribution in [0.25, 0.3) is 0 Å². The van der Waals surface area contributed by atoms with Crippen molar-refractivity contribution < 1.29 is 19.5 Å². The molecule has 1 heterocycles. The fraction of sp³-hybridized carbons (Fsp3) is 0.250. The van der Waals surface area contributed by atoms with E-state index in [9.17, 15) is 19.5 Å². The Bertz CT molecular complexity index is 1230. The Balaban J connectivity index is 1.62. The second-order valence-electron chi connectivity index (χ2n) is 8.79. The molecule has 1 aliphatic rings. The molecule has 3 amide bonds. The van der Waals surface area contributed by atoms with Crippen LogP contribution >= 0.6 is 0 Å². The van der Waals surface area contributed by atoms with E-state index >= 15 is 0 Å². The van der Waals surface area contributed by atoms with Gasteiger partial charge in [-0.15, -0.1) is 0 Å². The number of nitrogens with two attached hydrogens (primary N) is 1. The Kier molecular flexibility index (Phi) is 7.97. The molecule has 0 radical (unpaired) electrons. The lowest BCUT2D eigenvalue weighted by molar-refractivity contribution is -0.142. The standard InChI is InChI=1S/C28H30N4O4/c29-17-21-9-6-10-22(15-21)18-30-28(36)32-24-12-5-4-11-23(24)19-31(27(35)25(32)16-26(33)34)14-13-20-7-2-1-3-8-20/h1-12,15,25H,13-14,16-19,29H2,(H,30,36)(H,33,34). The quantitative estimate of drug-likeness (QED) is 0.452. The van der Waals surface area contributed by atoms with Gasteiger partial charge in [-0.1, -0.05) is 72.8 Å². The number of amides is 3. The van der Waals surface area contributed by atoms with Crippen molar-refractivity contribution in [3.05, 3.63) is 101 Å². The van der Waals surface area contributed by atoms with Gasteiger partial charge in [0.05, 0.1) is 12.1 Å². The second kappa shape index (κ2) is 11.5. The van der Waals surface area contributed by atoms with Crippen molar-refractivity contribution in [3.63, 3.8) is 0 Å². The third-order valence-corrected chi connectivity index (χ3v) is 6.29. The maximum Gasteiger partial charge on any atom is 0.322 e. The zero-order chi connectivity index (χ0) is 25.5. The number of carboxylic acids is 1. The third kappa shape index (κ3) is 5.90. The molecule has 3 aromatic carbocycles. The number of para-hydroxylation sites is 1. The van der Waals surface area contributed by atoms with Gasteiger partial charge in [-0.3, -0.25) is 14.5 Å². The van der Waals surface area contributed by atoms with Crippen molar-refractivity contribution in [2.45, 2.75) is 38.5 Å². The van der Waals surface area contributed by atoms with E-state index < -0.39 is 24.5 Å². The van der Waals surface area contributed by atoms with Gasteiger partial charge in [-0.2, -0.15) is 0 Å². The van der Waals surface area contributed by atoms with Gasteiger partial charge in [0.2, 0.25) is 5.91 Å². The third-order valence-electron chi connectivity index (χ3n) is 6.29. The van der Waals surface area contributed by atoms with E-state index in [2.05, 4.69) is 5.32 Å². The lowest BCUT2D eigenvalue weighted by atomic mass is 10.1. The maximum absolute atomic E-state index is 13.7. The van der Waals surface area contributed by atoms with E-state index in [1.165, 1.54) is 4.90 Å². The first-order valence-corrected chi connectivity index (χ1v) is 11.9. The minimum Gasteiger partial charge on any atom is -0.481 e. The molecule has 8 nitrogen and oxygen atoms in total. The van der Waals surface area contributed by atoms with Crippen LogP contribution in [0.2, 0.25) is 0 Å². The van der Waals surface area contributed by atoms with Crippen LogP contribution < -0.4 is 16.0 Å². The number of nitrogens with one attached hydrogen (secondary N) is 1. The Morgan fingerprint density at radius 2 is 1.64 bits per heavy atom. The predicted octanol–water partition coefficient (Wildman–Crippen LogP) is 3.29. The molecule has 4 rings (SSSR count). The number of carbonyl (C=O) groups is 3. The molecule has 0 bridgehead atoms. The summed E-state index contributed by atoms with van der Waals surface area (Å²) in [5.41, 5.74) is 9.92. The van der Waals surface area contributed by atoms with E-state index in [0.717, 1.165) is 22.3 Å². The summed E-state index contributed by atoms with van der Waals surface area (Å²) in [6, 6.07) is 22.9. The zero-order valence-corrected chi connectivity index (χ0v) is 20.0. The van der Waals surface area contributed by atoms with Crippen LogP contribution in [-0.2, 0) is 35.6 Å². The average molecular weight is 487 g/mol. The molecule has 4 N–H and O–H groups in total. The van der Waals surface area contributed by atoms with Crippen molar-refractivity contribution in [3.8, 4) is 0 Å². The molecular formula is C28H30N4O4. The predicted molar refractivity (Wildman–Crippen MR) is 137 cm³/mol. The van der Waals surface area contributed by atoms with E-state index in [0.29, 0.717) is 31.7 Å². The van der Waals surface area contributed by atoms with Gasteiger partial charge in [0, 0.05) is 26.2 Å². The Morgan fingerprint density at radius 1 is 0.944 bits per heavy atom. The number of fused-ring (bicyclic) bond motifs is 1. The van der Waals surface area contributed by atoms with Gasteiger partial charge in [0.1, 0.15) is 6.04 Å². The van der Waals surface area contributed by atoms with Crippen LogP contribution in [-0.4, -0.2) is 40.5 Å². The number of carbonyl (C=O) groups excluding carboxylic acids is 2. The molecule has 8 heteroatoms. The summed E-state index contributed by atoms with van der Waals surface area (Å²) < 4.78 is 0. The van der Waals surface area contributed by atoms with Crippen molar-refractivity contribution in [2.24, 2.45) is 5.73 Å². The highest BCUT2D eigenvalue weighted by Crippen LogP contribution is 2.30. The number of anilines is 1. The number of rotatable bonds is 8. The molecule has 36 heavy (non-hydrogen) atoms. The minimum absolute atomic E-state index is 0.219. The number of urea groups is 1. The van der Waals surface area contributed by atoms with Crippen molar-refractivity contribution >= 4 is 23.6 Å². The Morgan fingerprint density at radius 3 is 2.39 bits per heavy atom. The second-order valence-corrected chi connectivity index (χ2v) is 8.79. The molecule has 0 spiro atoms. The molecule has 1 aliphatic heterocycles. The van der Waals surface area contributed by atoms with E-state index in [1.807, 2.05) is 66.7 Å². The van der Waals surface area contributed by atoms with Crippen molar-refractivity contribution in [1.29, 1.82) is 0 Å². The van der Waals surface area contributed by atoms with Crippen LogP contribution in [0.3, 0.4) is 0 Å². The highest BCUT2D eigenvalue weighted by Gasteiger charge is 2.39. The number of hydrogen-bond donors (Lipinski definition) is 3. The molecule has 0 aliphatic carbocycles. The van der Waals surface area contributed by atoms with Gasteiger partial charge >= 0.3 is 12.0 Å². The molecule has 3 aromatic rings. The smallest absolute Gasteiger partial charge is 0.322 e. The molecule has 0 fully saturated rings. The molecule has 0 saturated heterocycles. The van der Waals surface area contributed by atoms with Gasteiger partial charge in [0.15, 0.2) is 0 Å². The van der Waals surface area contributed by atoms with E-state index in [1.54, 1.807) is 17.0 Å². The van der Waals surface area contributed by atoms with Crippen molar-refractivity contribution in [1.82, 2.24) is 10.2 Å². The summed E-state index contributed by atoms with van der Waals surface area (Å²) in [6.45, 7) is 1.31. The van der Waals surface area contributed by atoms with Crippen LogP contribution in [0.1, 0.15) is 28.7 Å². The van der Waals surface area contributed by atoms with E-state index in [4.69, 9.17) is 5.73 Å². The summed E-state index contributed by atoms with van der Waals surface area (Å²) in [5.74, 6) is -1.53. The first-order chi connectivity index (χ1) is 17.5. The minimum atomic E-state index is -1.17. The summed E-state index contributed by atoms with van der Waals surface area (Å²) in [5, 5.41) is 12.5. The molecule has 1 unspecified atom stereocenters. The van der Waals surface area contributed by atoms with Gasteiger partial charge < -0.3 is 21.1 Å². The fourth-order valence-corrected chi connectivity index (χ4v) is 4.47. The number of carboxylic acid groups (broad SMARTS) is 1. The van der Waals surface area contributed by atoms with Gasteiger partial charge in [-0.25, -0.2) is 4.79 Å². The Labute approximate surface area is 210 Å². The fourth-order valence-electron chi connectivity index (χ4n) is 4.47. The average Bonchev–Trinajstić information content (AvgIpc) is 3.01. The van der Waals surface area contributed by atoms with Gasteiger partial charge in [-0.05, 0) is 34.7 Å². The Hall–Kier alpha value is -4.17. The molecule has 0 saturated carbocycles. The molecule has 186 valence electrons. The topological polar surface area (TPSA) is 116 Å². The number of hydrogen-bond acceptors (Lipinski definition) is 4. The lowest BCUT2D eigenvalue weighted by Crippen LogP contribution is -2.53. The molecule has 0 aromatic heterocycles. The highest BCUT2D eigenvalue weighted by molar-refractivity contribution is 6.03. The number of benzene rings is 3. The SMILES string of the molecule is NCc1cccc(CNC(=O)N2c3ccccc3CN(CCc3ccccc3)C(=O)C2CC(=O)O)c1. The largest absolute Gasteiger partial charge is 0.481 e. The first-order valence-electron chi connectivity index (χ1n) is 11.9. The summed E-state index contributed by atoms with van der Waals surface area (Å²) >= 11 is 0. The normalized spacial score (nSPS) is 15.2. The zero-order valence-electron chi connectivity index (χ0n) is 20.0. The van der Waals surface area contributed by atoms with Crippen LogP contribution in [0.15, 0.2) is 78.9 Å². The number of aliphatic carboxylic acids is 1. The van der Waals surface area contributed by atoms with E-state index in [-0.39, 0.29) is 12.5 Å². The van der Waals surface area contributed by atoms with Crippen LogP contribution in [0.5, 0.6) is 0 Å². The van der Waals surface area contributed by atoms with Crippen LogP contribution in [0, 0.1) is 0 Å². The van der Waals surface area contributed by atoms with Crippen LogP contribution in [0.4, 0.5) is 10.5 Å². The highest BCUT2D eigenvalue weighted by atomic mass is 16.4. The summed E-state index contributed by atoms with van der Waals surface area (Å²) in [7, 11) is 0. The molecule has 1 atom stereocenters. The summed E-state index contributed by atoms with van der Waals surface area (Å²) in [6.07, 6.45) is 0.128.